The number of barbiturate groups is 1. The molecule has 1 aliphatic carbocycles. The van der Waals surface area contributed by atoms with E-state index in [0.717, 1.165) is 25.8 Å². The molecule has 3 fully saturated rings. The molecule has 4 amide bonds. The van der Waals surface area contributed by atoms with E-state index >= 15 is 0 Å². The molecule has 1 unspecified atom stereocenters. The minimum atomic E-state index is -0.939. The lowest BCUT2D eigenvalue weighted by atomic mass is 9.66. The van der Waals surface area contributed by atoms with Crippen LogP contribution in [-0.2, 0) is 9.59 Å². The summed E-state index contributed by atoms with van der Waals surface area (Å²) in [6.07, 6.45) is 4.11. The number of likely N-dealkylation sites (N-methyl/N-ethyl adjacent to an activating group) is 1. The summed E-state index contributed by atoms with van der Waals surface area (Å²) in [5.74, 6) is -0.683. The Bertz CT molecular complexity index is 444. The number of nitrogens with one attached hydrogen (secondary N) is 1. The summed E-state index contributed by atoms with van der Waals surface area (Å²) in [5, 5.41) is 2.35. The van der Waals surface area contributed by atoms with Gasteiger partial charge < -0.3 is 4.90 Å². The third kappa shape index (κ3) is 1.77. The highest BCUT2D eigenvalue weighted by Gasteiger charge is 2.57. The van der Waals surface area contributed by atoms with Crippen LogP contribution in [0.4, 0.5) is 4.79 Å². The van der Waals surface area contributed by atoms with Gasteiger partial charge in [-0.2, -0.15) is 0 Å². The zero-order valence-electron chi connectivity index (χ0n) is 11.1. The fourth-order valence-corrected chi connectivity index (χ4v) is 3.29. The van der Waals surface area contributed by atoms with Crippen molar-refractivity contribution in [2.45, 2.75) is 38.1 Å². The van der Waals surface area contributed by atoms with Gasteiger partial charge in [0.05, 0.1) is 0 Å². The van der Waals surface area contributed by atoms with Crippen molar-refractivity contribution in [3.63, 3.8) is 0 Å². The normalized spacial score (nSPS) is 30.7. The smallest absolute Gasteiger partial charge is 0.302 e. The SMILES string of the molecule is CN1CCCC1CN1C(=O)NC(=O)C2(CCC2)C1=O. The van der Waals surface area contributed by atoms with Crippen molar-refractivity contribution in [2.24, 2.45) is 5.41 Å². The molecule has 6 heteroatoms. The van der Waals surface area contributed by atoms with E-state index in [1.807, 2.05) is 7.05 Å². The van der Waals surface area contributed by atoms with Crippen molar-refractivity contribution in [3.8, 4) is 0 Å². The number of rotatable bonds is 2. The van der Waals surface area contributed by atoms with Gasteiger partial charge in [-0.05, 0) is 39.3 Å². The highest BCUT2D eigenvalue weighted by molar-refractivity contribution is 6.19. The van der Waals surface area contributed by atoms with Gasteiger partial charge in [-0.1, -0.05) is 6.42 Å². The van der Waals surface area contributed by atoms with Gasteiger partial charge in [-0.3, -0.25) is 19.8 Å². The lowest BCUT2D eigenvalue weighted by Gasteiger charge is -2.45. The highest BCUT2D eigenvalue weighted by Crippen LogP contribution is 2.44. The Kier molecular flexibility index (Phi) is 2.85. The topological polar surface area (TPSA) is 69.7 Å². The van der Waals surface area contributed by atoms with E-state index < -0.39 is 17.4 Å². The number of carbonyl (C=O) groups excluding carboxylic acids is 3. The Morgan fingerprint density at radius 2 is 2.00 bits per heavy atom. The maximum Gasteiger partial charge on any atom is 0.330 e. The summed E-state index contributed by atoms with van der Waals surface area (Å²) in [6, 6.07) is -0.326. The number of hydrogen-bond donors (Lipinski definition) is 1. The van der Waals surface area contributed by atoms with Crippen LogP contribution in [0.15, 0.2) is 0 Å². The van der Waals surface area contributed by atoms with Crippen LogP contribution in [0.3, 0.4) is 0 Å². The van der Waals surface area contributed by atoms with Crippen molar-refractivity contribution in [2.75, 3.05) is 20.1 Å². The van der Waals surface area contributed by atoms with Gasteiger partial charge in [0.25, 0.3) is 0 Å². The molecule has 6 nitrogen and oxygen atoms in total. The Balaban J connectivity index is 1.78. The van der Waals surface area contributed by atoms with Crippen LogP contribution < -0.4 is 5.32 Å². The molecule has 1 spiro atoms. The molecule has 0 aromatic carbocycles. The number of amides is 4. The molecule has 2 heterocycles. The van der Waals surface area contributed by atoms with Crippen molar-refractivity contribution in [1.82, 2.24) is 15.1 Å². The molecule has 104 valence electrons. The average molecular weight is 265 g/mol. The number of urea groups is 1. The highest BCUT2D eigenvalue weighted by atomic mass is 16.2. The van der Waals surface area contributed by atoms with Gasteiger partial charge in [0, 0.05) is 12.6 Å². The monoisotopic (exact) mass is 265 g/mol. The van der Waals surface area contributed by atoms with Crippen LogP contribution in [0.5, 0.6) is 0 Å². The first-order valence-corrected chi connectivity index (χ1v) is 6.92. The summed E-state index contributed by atoms with van der Waals surface area (Å²) < 4.78 is 0. The molecule has 0 bridgehead atoms. The zero-order valence-corrected chi connectivity index (χ0v) is 11.1. The fourth-order valence-electron chi connectivity index (χ4n) is 3.29. The van der Waals surface area contributed by atoms with Crippen molar-refractivity contribution in [3.05, 3.63) is 0 Å². The van der Waals surface area contributed by atoms with E-state index in [-0.39, 0.29) is 11.9 Å². The molecule has 1 atom stereocenters. The zero-order chi connectivity index (χ0) is 13.6. The number of carbonyl (C=O) groups is 3. The van der Waals surface area contributed by atoms with Crippen LogP contribution in [0.1, 0.15) is 32.1 Å². The summed E-state index contributed by atoms with van der Waals surface area (Å²) in [7, 11) is 2.01. The fraction of sp³-hybridized carbons (Fsp3) is 0.769. The summed E-state index contributed by atoms with van der Waals surface area (Å²) in [4.78, 5) is 39.7. The van der Waals surface area contributed by atoms with Gasteiger partial charge in [0.2, 0.25) is 11.8 Å². The number of hydrogen-bond acceptors (Lipinski definition) is 4. The number of nitrogens with zero attached hydrogens (tertiary/aromatic N) is 2. The first-order valence-electron chi connectivity index (χ1n) is 6.92. The van der Waals surface area contributed by atoms with Gasteiger partial charge in [0.1, 0.15) is 5.41 Å². The Labute approximate surface area is 112 Å². The summed E-state index contributed by atoms with van der Waals surface area (Å²) >= 11 is 0. The van der Waals surface area contributed by atoms with Gasteiger partial charge in [0.15, 0.2) is 0 Å². The average Bonchev–Trinajstić information content (AvgIpc) is 2.68. The maximum atomic E-state index is 12.5. The molecular formula is C13H19N3O3. The predicted octanol–water partition coefficient (Wildman–Crippen LogP) is 0.329. The molecule has 1 saturated carbocycles. The third-order valence-electron chi connectivity index (χ3n) is 4.83. The summed E-state index contributed by atoms with van der Waals surface area (Å²) in [6.45, 7) is 1.40. The largest absolute Gasteiger partial charge is 0.330 e. The van der Waals surface area contributed by atoms with Crippen molar-refractivity contribution >= 4 is 17.8 Å². The molecule has 19 heavy (non-hydrogen) atoms. The molecule has 2 saturated heterocycles. The molecule has 3 aliphatic rings. The molecule has 0 aromatic rings. The third-order valence-corrected chi connectivity index (χ3v) is 4.83. The first kappa shape index (κ1) is 12.6. The molecule has 3 rings (SSSR count). The van der Waals surface area contributed by atoms with Gasteiger partial charge >= 0.3 is 6.03 Å². The van der Waals surface area contributed by atoms with Gasteiger partial charge in [-0.15, -0.1) is 0 Å². The quantitative estimate of drug-likeness (QED) is 0.730. The van der Waals surface area contributed by atoms with Crippen LogP contribution in [0.2, 0.25) is 0 Å². The van der Waals surface area contributed by atoms with Crippen molar-refractivity contribution in [1.29, 1.82) is 0 Å². The molecular weight excluding hydrogens is 246 g/mol. The van der Waals surface area contributed by atoms with Crippen LogP contribution in [-0.4, -0.2) is 53.8 Å². The van der Waals surface area contributed by atoms with E-state index in [0.29, 0.717) is 19.4 Å². The predicted molar refractivity (Wildman–Crippen MR) is 67.2 cm³/mol. The second-order valence-corrected chi connectivity index (χ2v) is 5.89. The van der Waals surface area contributed by atoms with Crippen molar-refractivity contribution < 1.29 is 14.4 Å². The second kappa shape index (κ2) is 4.30. The number of imide groups is 2. The second-order valence-electron chi connectivity index (χ2n) is 5.89. The van der Waals surface area contributed by atoms with E-state index in [2.05, 4.69) is 10.2 Å². The van der Waals surface area contributed by atoms with Gasteiger partial charge in [-0.25, -0.2) is 4.79 Å². The van der Waals surface area contributed by atoms with E-state index in [9.17, 15) is 14.4 Å². The first-order chi connectivity index (χ1) is 9.04. The minimum absolute atomic E-state index is 0.222. The minimum Gasteiger partial charge on any atom is -0.302 e. The van der Waals surface area contributed by atoms with E-state index in [1.54, 1.807) is 0 Å². The van der Waals surface area contributed by atoms with Crippen LogP contribution >= 0.6 is 0 Å². The van der Waals surface area contributed by atoms with E-state index in [4.69, 9.17) is 0 Å². The molecule has 0 radical (unpaired) electrons. The summed E-state index contributed by atoms with van der Waals surface area (Å²) in [5.41, 5.74) is -0.939. The Morgan fingerprint density at radius 1 is 1.26 bits per heavy atom. The molecule has 0 aromatic heterocycles. The Hall–Kier alpha value is -1.43. The Morgan fingerprint density at radius 3 is 2.53 bits per heavy atom. The molecule has 2 aliphatic heterocycles. The maximum absolute atomic E-state index is 12.5. The van der Waals surface area contributed by atoms with Crippen LogP contribution in [0.25, 0.3) is 0 Å². The lowest BCUT2D eigenvalue weighted by molar-refractivity contribution is -0.158. The van der Waals surface area contributed by atoms with E-state index in [1.165, 1.54) is 4.90 Å². The standard InChI is InChI=1S/C13H19N3O3/c1-15-7-2-4-9(15)8-16-11(18)13(5-3-6-13)10(17)14-12(16)19/h9H,2-8H2,1H3,(H,14,17,19). The number of likely N-dealkylation sites (tertiary alicyclic amines) is 1. The van der Waals surface area contributed by atoms with Crippen LogP contribution in [0, 0.1) is 5.41 Å². The molecule has 1 N–H and O–H groups in total. The lowest BCUT2D eigenvalue weighted by Crippen LogP contribution is -2.67.